The van der Waals surface area contributed by atoms with Crippen LogP contribution >= 0.6 is 0 Å². The SMILES string of the molecule is CCOc1ccc(C[C@@H](NC(=O)CC)C(=O)N(CC)[C@H](Cc2ccccc2)C(=O)NCc2ccc(CN)cc2)cc1. The van der Waals surface area contributed by atoms with E-state index in [0.717, 1.165) is 28.0 Å². The van der Waals surface area contributed by atoms with Crippen molar-refractivity contribution in [2.75, 3.05) is 13.2 Å². The Labute approximate surface area is 243 Å². The minimum atomic E-state index is -0.824. The van der Waals surface area contributed by atoms with Gasteiger partial charge in [0.2, 0.25) is 17.7 Å². The van der Waals surface area contributed by atoms with Crippen LogP contribution in [0.4, 0.5) is 0 Å². The molecule has 8 nitrogen and oxygen atoms in total. The Balaban J connectivity index is 1.85. The van der Waals surface area contributed by atoms with Gasteiger partial charge in [0.05, 0.1) is 6.61 Å². The summed E-state index contributed by atoms with van der Waals surface area (Å²) in [4.78, 5) is 41.8. The van der Waals surface area contributed by atoms with Crippen LogP contribution < -0.4 is 21.1 Å². The van der Waals surface area contributed by atoms with Gasteiger partial charge < -0.3 is 26.0 Å². The Morgan fingerprint density at radius 3 is 2.00 bits per heavy atom. The molecule has 4 N–H and O–H groups in total. The highest BCUT2D eigenvalue weighted by atomic mass is 16.5. The van der Waals surface area contributed by atoms with E-state index in [9.17, 15) is 14.4 Å². The molecule has 0 spiro atoms. The highest BCUT2D eigenvalue weighted by Crippen LogP contribution is 2.17. The molecular formula is C33H42N4O4. The van der Waals surface area contributed by atoms with Crippen LogP contribution in [0.5, 0.6) is 5.75 Å². The third kappa shape index (κ3) is 9.46. The first-order chi connectivity index (χ1) is 19.9. The summed E-state index contributed by atoms with van der Waals surface area (Å²) in [5.74, 6) is -0.0420. The highest BCUT2D eigenvalue weighted by Gasteiger charge is 2.33. The number of carbonyl (C=O) groups excluding carboxylic acids is 3. The van der Waals surface area contributed by atoms with E-state index in [1.807, 2.05) is 92.7 Å². The number of nitrogens with one attached hydrogen (secondary N) is 2. The third-order valence-corrected chi connectivity index (χ3v) is 6.93. The molecule has 3 aromatic carbocycles. The molecule has 0 unspecified atom stereocenters. The van der Waals surface area contributed by atoms with Gasteiger partial charge in [-0.3, -0.25) is 14.4 Å². The average Bonchev–Trinajstić information content (AvgIpc) is 3.01. The molecule has 41 heavy (non-hydrogen) atoms. The quantitative estimate of drug-likeness (QED) is 0.263. The number of carbonyl (C=O) groups is 3. The Hall–Kier alpha value is -4.17. The Morgan fingerprint density at radius 1 is 0.805 bits per heavy atom. The number of rotatable bonds is 15. The van der Waals surface area contributed by atoms with Gasteiger partial charge in [-0.15, -0.1) is 0 Å². The summed E-state index contributed by atoms with van der Waals surface area (Å²) in [6.07, 6.45) is 0.882. The second kappa shape index (κ2) is 16.2. The van der Waals surface area contributed by atoms with E-state index in [0.29, 0.717) is 39.1 Å². The second-order valence-corrected chi connectivity index (χ2v) is 9.82. The van der Waals surface area contributed by atoms with Crippen molar-refractivity contribution in [3.8, 4) is 5.75 Å². The summed E-state index contributed by atoms with van der Waals surface area (Å²) in [6.45, 7) is 7.15. The minimum absolute atomic E-state index is 0.227. The van der Waals surface area contributed by atoms with Gasteiger partial charge in [0.1, 0.15) is 17.8 Å². The molecule has 8 heteroatoms. The second-order valence-electron chi connectivity index (χ2n) is 9.82. The van der Waals surface area contributed by atoms with Crippen LogP contribution in [0.25, 0.3) is 0 Å². The lowest BCUT2D eigenvalue weighted by Crippen LogP contribution is -2.57. The van der Waals surface area contributed by atoms with Crippen LogP contribution in [0.15, 0.2) is 78.9 Å². The fourth-order valence-electron chi connectivity index (χ4n) is 4.63. The van der Waals surface area contributed by atoms with E-state index in [4.69, 9.17) is 10.5 Å². The predicted molar refractivity (Wildman–Crippen MR) is 161 cm³/mol. The highest BCUT2D eigenvalue weighted by molar-refractivity contribution is 5.92. The number of likely N-dealkylation sites (N-methyl/N-ethyl adjacent to an activating group) is 1. The Kier molecular flexibility index (Phi) is 12.4. The van der Waals surface area contributed by atoms with E-state index in [2.05, 4.69) is 10.6 Å². The van der Waals surface area contributed by atoms with Crippen LogP contribution in [-0.2, 0) is 40.3 Å². The molecular weight excluding hydrogens is 516 g/mol. The van der Waals surface area contributed by atoms with Gasteiger partial charge in [-0.1, -0.05) is 73.7 Å². The number of hydrogen-bond acceptors (Lipinski definition) is 5. The van der Waals surface area contributed by atoms with Crippen LogP contribution in [0.3, 0.4) is 0 Å². The van der Waals surface area contributed by atoms with Crippen molar-refractivity contribution < 1.29 is 19.1 Å². The molecule has 2 atom stereocenters. The van der Waals surface area contributed by atoms with E-state index in [1.54, 1.807) is 11.8 Å². The first-order valence-corrected chi connectivity index (χ1v) is 14.3. The summed E-state index contributed by atoms with van der Waals surface area (Å²) in [7, 11) is 0. The molecule has 0 saturated heterocycles. The molecule has 0 bridgehead atoms. The van der Waals surface area contributed by atoms with Crippen molar-refractivity contribution in [3.05, 3.63) is 101 Å². The van der Waals surface area contributed by atoms with Gasteiger partial charge in [-0.05, 0) is 48.2 Å². The van der Waals surface area contributed by atoms with Crippen molar-refractivity contribution in [1.29, 1.82) is 0 Å². The molecule has 0 aliphatic carbocycles. The number of hydrogen-bond donors (Lipinski definition) is 3. The molecule has 0 heterocycles. The molecule has 0 aliphatic heterocycles. The summed E-state index contributed by atoms with van der Waals surface area (Å²) < 4.78 is 5.54. The van der Waals surface area contributed by atoms with Crippen molar-refractivity contribution >= 4 is 17.7 Å². The number of benzene rings is 3. The van der Waals surface area contributed by atoms with E-state index < -0.39 is 12.1 Å². The van der Waals surface area contributed by atoms with Crippen LogP contribution in [0.2, 0.25) is 0 Å². The standard InChI is InChI=1S/C33H42N4O4/c1-4-31(38)36-29(20-25-16-18-28(19-17-25)41-6-3)33(40)37(5-2)30(21-24-10-8-7-9-11-24)32(39)35-23-27-14-12-26(22-34)13-15-27/h7-19,29-30H,4-6,20-23,34H2,1-3H3,(H,35,39)(H,36,38)/t29-,30-/m1/s1. The number of nitrogens with two attached hydrogens (primary N) is 1. The first-order valence-electron chi connectivity index (χ1n) is 14.3. The van der Waals surface area contributed by atoms with E-state index in [-0.39, 0.29) is 24.1 Å². The first kappa shape index (κ1) is 31.4. The fraction of sp³-hybridized carbons (Fsp3) is 0.364. The largest absolute Gasteiger partial charge is 0.494 e. The monoisotopic (exact) mass is 558 g/mol. The lowest BCUT2D eigenvalue weighted by Gasteiger charge is -2.33. The average molecular weight is 559 g/mol. The predicted octanol–water partition coefficient (Wildman–Crippen LogP) is 3.76. The number of nitrogens with zero attached hydrogens (tertiary/aromatic N) is 1. The van der Waals surface area contributed by atoms with Gasteiger partial charge in [0.15, 0.2) is 0 Å². The number of ether oxygens (including phenoxy) is 1. The zero-order valence-corrected chi connectivity index (χ0v) is 24.3. The third-order valence-electron chi connectivity index (χ3n) is 6.93. The van der Waals surface area contributed by atoms with Crippen molar-refractivity contribution in [2.24, 2.45) is 5.73 Å². The normalized spacial score (nSPS) is 12.2. The molecule has 0 aromatic heterocycles. The lowest BCUT2D eigenvalue weighted by atomic mass is 10.00. The molecule has 0 aliphatic rings. The van der Waals surface area contributed by atoms with Crippen molar-refractivity contribution in [3.63, 3.8) is 0 Å². The number of amides is 3. The fourth-order valence-corrected chi connectivity index (χ4v) is 4.63. The van der Waals surface area contributed by atoms with Crippen LogP contribution in [0.1, 0.15) is 49.4 Å². The van der Waals surface area contributed by atoms with E-state index >= 15 is 0 Å². The lowest BCUT2D eigenvalue weighted by molar-refractivity contribution is -0.143. The van der Waals surface area contributed by atoms with Gasteiger partial charge >= 0.3 is 0 Å². The van der Waals surface area contributed by atoms with Crippen molar-refractivity contribution in [2.45, 2.75) is 65.2 Å². The van der Waals surface area contributed by atoms with Gasteiger partial charge in [-0.2, -0.15) is 0 Å². The molecule has 3 aromatic rings. The molecule has 0 saturated carbocycles. The van der Waals surface area contributed by atoms with Crippen LogP contribution in [0, 0.1) is 0 Å². The topological polar surface area (TPSA) is 114 Å². The molecule has 3 rings (SSSR count). The minimum Gasteiger partial charge on any atom is -0.494 e. The van der Waals surface area contributed by atoms with E-state index in [1.165, 1.54) is 0 Å². The zero-order chi connectivity index (χ0) is 29.6. The Bertz CT molecular complexity index is 1250. The summed E-state index contributed by atoms with van der Waals surface area (Å²) in [5, 5.41) is 5.91. The maximum absolute atomic E-state index is 14.1. The maximum atomic E-state index is 14.1. The molecule has 3 amide bonds. The van der Waals surface area contributed by atoms with Crippen molar-refractivity contribution in [1.82, 2.24) is 15.5 Å². The zero-order valence-electron chi connectivity index (χ0n) is 24.3. The van der Waals surface area contributed by atoms with Gasteiger partial charge in [0.25, 0.3) is 0 Å². The molecule has 0 radical (unpaired) electrons. The van der Waals surface area contributed by atoms with Gasteiger partial charge in [0, 0.05) is 38.9 Å². The summed E-state index contributed by atoms with van der Waals surface area (Å²) in [5.41, 5.74) is 9.47. The summed E-state index contributed by atoms with van der Waals surface area (Å²) in [6, 6.07) is 23.3. The Morgan fingerprint density at radius 2 is 1.41 bits per heavy atom. The summed E-state index contributed by atoms with van der Waals surface area (Å²) >= 11 is 0. The van der Waals surface area contributed by atoms with Gasteiger partial charge in [-0.25, -0.2) is 0 Å². The molecule has 0 fully saturated rings. The molecule has 218 valence electrons. The maximum Gasteiger partial charge on any atom is 0.246 e. The smallest absolute Gasteiger partial charge is 0.246 e. The van der Waals surface area contributed by atoms with Crippen LogP contribution in [-0.4, -0.2) is 47.9 Å².